The van der Waals surface area contributed by atoms with E-state index in [0.717, 1.165) is 25.7 Å². The molecular formula is C17H31NO2. The van der Waals surface area contributed by atoms with Gasteiger partial charge in [-0.05, 0) is 51.5 Å². The minimum Gasteiger partial charge on any atom is -0.378 e. The standard InChI is InChI=1S/C17H31NO2/c1-3-18-16(15-10-13(2)19-12-15)14-6-9-20-17(11-14)7-4-5-8-17/h13-16,18H,3-12H2,1-2H3. The molecule has 0 aromatic carbocycles. The van der Waals surface area contributed by atoms with E-state index in [-0.39, 0.29) is 5.60 Å². The summed E-state index contributed by atoms with van der Waals surface area (Å²) < 4.78 is 12.0. The summed E-state index contributed by atoms with van der Waals surface area (Å²) in [6.07, 6.45) is 9.48. The van der Waals surface area contributed by atoms with Gasteiger partial charge >= 0.3 is 0 Å². The summed E-state index contributed by atoms with van der Waals surface area (Å²) >= 11 is 0. The van der Waals surface area contributed by atoms with Crippen molar-refractivity contribution >= 4 is 0 Å². The second-order valence-electron chi connectivity index (χ2n) is 7.21. The first-order chi connectivity index (χ1) is 9.72. The monoisotopic (exact) mass is 281 g/mol. The third-order valence-corrected chi connectivity index (χ3v) is 5.73. The number of nitrogens with one attached hydrogen (secondary N) is 1. The molecule has 2 heterocycles. The summed E-state index contributed by atoms with van der Waals surface area (Å²) in [6, 6.07) is 0.631. The van der Waals surface area contributed by atoms with Crippen molar-refractivity contribution in [2.24, 2.45) is 11.8 Å². The van der Waals surface area contributed by atoms with Crippen LogP contribution in [-0.4, -0.2) is 37.5 Å². The summed E-state index contributed by atoms with van der Waals surface area (Å²) in [5, 5.41) is 3.79. The van der Waals surface area contributed by atoms with Crippen molar-refractivity contribution in [2.75, 3.05) is 19.8 Å². The predicted molar refractivity (Wildman–Crippen MR) is 80.9 cm³/mol. The summed E-state index contributed by atoms with van der Waals surface area (Å²) in [5.74, 6) is 1.48. The lowest BCUT2D eigenvalue weighted by Crippen LogP contribution is -2.49. The molecule has 4 unspecified atom stereocenters. The molecule has 3 heteroatoms. The first kappa shape index (κ1) is 14.8. The van der Waals surface area contributed by atoms with Gasteiger partial charge in [0.15, 0.2) is 0 Å². The molecule has 1 saturated carbocycles. The largest absolute Gasteiger partial charge is 0.378 e. The van der Waals surface area contributed by atoms with E-state index >= 15 is 0 Å². The predicted octanol–water partition coefficient (Wildman–Crippen LogP) is 3.13. The first-order valence-electron chi connectivity index (χ1n) is 8.71. The fraction of sp³-hybridized carbons (Fsp3) is 1.00. The van der Waals surface area contributed by atoms with Crippen LogP contribution in [0.4, 0.5) is 0 Å². The van der Waals surface area contributed by atoms with E-state index in [1.807, 2.05) is 0 Å². The Labute approximate surface area is 123 Å². The van der Waals surface area contributed by atoms with Crippen molar-refractivity contribution in [3.05, 3.63) is 0 Å². The molecule has 2 saturated heterocycles. The Morgan fingerprint density at radius 3 is 2.70 bits per heavy atom. The van der Waals surface area contributed by atoms with Gasteiger partial charge in [0.25, 0.3) is 0 Å². The van der Waals surface area contributed by atoms with E-state index in [2.05, 4.69) is 19.2 Å². The van der Waals surface area contributed by atoms with Crippen molar-refractivity contribution in [1.82, 2.24) is 5.32 Å². The molecule has 1 spiro atoms. The van der Waals surface area contributed by atoms with Crippen LogP contribution in [0.3, 0.4) is 0 Å². The van der Waals surface area contributed by atoms with Crippen LogP contribution in [0, 0.1) is 11.8 Å². The van der Waals surface area contributed by atoms with Gasteiger partial charge in [0.05, 0.1) is 18.3 Å². The highest BCUT2D eigenvalue weighted by Crippen LogP contribution is 2.44. The van der Waals surface area contributed by atoms with Gasteiger partial charge in [0.1, 0.15) is 0 Å². The molecule has 3 nitrogen and oxygen atoms in total. The van der Waals surface area contributed by atoms with Crippen LogP contribution in [0.5, 0.6) is 0 Å². The highest BCUT2D eigenvalue weighted by atomic mass is 16.5. The van der Waals surface area contributed by atoms with Gasteiger partial charge in [-0.15, -0.1) is 0 Å². The molecule has 4 atom stereocenters. The number of rotatable bonds is 4. The lowest BCUT2D eigenvalue weighted by molar-refractivity contribution is -0.101. The van der Waals surface area contributed by atoms with Gasteiger partial charge in [0.2, 0.25) is 0 Å². The third kappa shape index (κ3) is 3.05. The van der Waals surface area contributed by atoms with Gasteiger partial charge in [-0.3, -0.25) is 0 Å². The fourth-order valence-corrected chi connectivity index (χ4v) is 4.79. The van der Waals surface area contributed by atoms with E-state index in [9.17, 15) is 0 Å². The molecule has 0 amide bonds. The maximum absolute atomic E-state index is 6.21. The summed E-state index contributed by atoms with van der Waals surface area (Å²) in [4.78, 5) is 0. The van der Waals surface area contributed by atoms with Crippen molar-refractivity contribution in [1.29, 1.82) is 0 Å². The van der Waals surface area contributed by atoms with Crippen LogP contribution >= 0.6 is 0 Å². The van der Waals surface area contributed by atoms with Gasteiger partial charge in [-0.25, -0.2) is 0 Å². The van der Waals surface area contributed by atoms with E-state index in [1.165, 1.54) is 44.9 Å². The molecule has 1 N–H and O–H groups in total. The zero-order valence-electron chi connectivity index (χ0n) is 13.2. The molecule has 3 fully saturated rings. The Kier molecular flexibility index (Phi) is 4.68. The van der Waals surface area contributed by atoms with Gasteiger partial charge in [-0.1, -0.05) is 19.8 Å². The molecule has 2 aliphatic heterocycles. The summed E-state index contributed by atoms with van der Waals surface area (Å²) in [7, 11) is 0. The molecule has 116 valence electrons. The van der Waals surface area contributed by atoms with Crippen LogP contribution in [0.25, 0.3) is 0 Å². The average molecular weight is 281 g/mol. The molecule has 20 heavy (non-hydrogen) atoms. The van der Waals surface area contributed by atoms with Gasteiger partial charge < -0.3 is 14.8 Å². The van der Waals surface area contributed by atoms with Crippen LogP contribution in [0.2, 0.25) is 0 Å². The molecular weight excluding hydrogens is 250 g/mol. The maximum Gasteiger partial charge on any atom is 0.0685 e. The quantitative estimate of drug-likeness (QED) is 0.859. The zero-order chi connectivity index (χ0) is 14.0. The average Bonchev–Trinajstić information content (AvgIpc) is 3.06. The Balaban J connectivity index is 1.67. The Bertz CT molecular complexity index is 314. The Morgan fingerprint density at radius 1 is 1.25 bits per heavy atom. The van der Waals surface area contributed by atoms with Crippen LogP contribution < -0.4 is 5.32 Å². The lowest BCUT2D eigenvalue weighted by atomic mass is 9.76. The van der Waals surface area contributed by atoms with Gasteiger partial charge in [-0.2, -0.15) is 0 Å². The van der Waals surface area contributed by atoms with E-state index < -0.39 is 0 Å². The first-order valence-corrected chi connectivity index (χ1v) is 8.71. The molecule has 0 aromatic heterocycles. The second-order valence-corrected chi connectivity index (χ2v) is 7.21. The van der Waals surface area contributed by atoms with E-state index in [4.69, 9.17) is 9.47 Å². The van der Waals surface area contributed by atoms with Crippen LogP contribution in [0.1, 0.15) is 58.8 Å². The number of hydrogen-bond acceptors (Lipinski definition) is 3. The van der Waals surface area contributed by atoms with Gasteiger partial charge in [0, 0.05) is 18.6 Å². The SMILES string of the molecule is CCNC(C1COC(C)C1)C1CCOC2(CCCC2)C1. The Hall–Kier alpha value is -0.120. The summed E-state index contributed by atoms with van der Waals surface area (Å²) in [5.41, 5.74) is 0.238. The normalized spacial score (nSPS) is 38.4. The molecule has 3 aliphatic rings. The summed E-state index contributed by atoms with van der Waals surface area (Å²) in [6.45, 7) is 7.43. The molecule has 0 radical (unpaired) electrons. The lowest BCUT2D eigenvalue weighted by Gasteiger charge is -2.43. The molecule has 0 bridgehead atoms. The fourth-order valence-electron chi connectivity index (χ4n) is 4.79. The molecule has 3 rings (SSSR count). The smallest absolute Gasteiger partial charge is 0.0685 e. The van der Waals surface area contributed by atoms with Crippen molar-refractivity contribution in [2.45, 2.75) is 76.5 Å². The third-order valence-electron chi connectivity index (χ3n) is 5.73. The minimum absolute atomic E-state index is 0.238. The van der Waals surface area contributed by atoms with Crippen molar-refractivity contribution in [3.63, 3.8) is 0 Å². The number of ether oxygens (including phenoxy) is 2. The highest BCUT2D eigenvalue weighted by Gasteiger charge is 2.44. The van der Waals surface area contributed by atoms with E-state index in [0.29, 0.717) is 18.1 Å². The maximum atomic E-state index is 6.21. The molecule has 0 aromatic rings. The highest BCUT2D eigenvalue weighted by molar-refractivity contribution is 4.96. The Morgan fingerprint density at radius 2 is 2.05 bits per heavy atom. The second kappa shape index (κ2) is 6.33. The number of hydrogen-bond donors (Lipinski definition) is 1. The van der Waals surface area contributed by atoms with Crippen molar-refractivity contribution in [3.8, 4) is 0 Å². The van der Waals surface area contributed by atoms with E-state index in [1.54, 1.807) is 0 Å². The zero-order valence-corrected chi connectivity index (χ0v) is 13.2. The van der Waals surface area contributed by atoms with Crippen molar-refractivity contribution < 1.29 is 9.47 Å². The van der Waals surface area contributed by atoms with Crippen LogP contribution in [-0.2, 0) is 9.47 Å². The molecule has 1 aliphatic carbocycles. The topological polar surface area (TPSA) is 30.5 Å². The minimum atomic E-state index is 0.238. The van der Waals surface area contributed by atoms with Crippen LogP contribution in [0.15, 0.2) is 0 Å².